The maximum Gasteiger partial charge on any atom is 0.154 e. The number of aryl methyl sites for hydroxylation is 1. The van der Waals surface area contributed by atoms with Gasteiger partial charge in [0.1, 0.15) is 0 Å². The van der Waals surface area contributed by atoms with Crippen molar-refractivity contribution < 1.29 is 0 Å². The molecule has 0 aliphatic heterocycles. The third kappa shape index (κ3) is 1.91. The summed E-state index contributed by atoms with van der Waals surface area (Å²) in [5.41, 5.74) is 4.89. The van der Waals surface area contributed by atoms with E-state index >= 15 is 0 Å². The highest BCUT2D eigenvalue weighted by molar-refractivity contribution is 6.30. The number of nitrogens with zero attached hydrogens (tertiary/aromatic N) is 3. The van der Waals surface area contributed by atoms with E-state index in [9.17, 15) is 0 Å². The van der Waals surface area contributed by atoms with Gasteiger partial charge in [-0.25, -0.2) is 0 Å². The third-order valence-corrected chi connectivity index (χ3v) is 2.99. The molecule has 0 aliphatic rings. The Morgan fingerprint density at radius 2 is 1.81 bits per heavy atom. The van der Waals surface area contributed by atoms with Crippen molar-refractivity contribution in [2.45, 2.75) is 20.8 Å². The molecule has 16 heavy (non-hydrogen) atoms. The molecule has 0 radical (unpaired) electrons. The average molecular weight is 234 g/mol. The SMILES string of the molecule is Cc1cc(-c2nnc(Cl)c(C)c2C)ccn1. The normalized spacial score (nSPS) is 10.5. The lowest BCUT2D eigenvalue weighted by Gasteiger charge is -2.08. The standard InChI is InChI=1S/C12H12ClN3/c1-7-6-10(4-5-14-7)11-8(2)9(3)12(13)16-15-11/h4-6H,1-3H3. The fourth-order valence-electron chi connectivity index (χ4n) is 1.54. The van der Waals surface area contributed by atoms with Crippen molar-refractivity contribution in [2.24, 2.45) is 0 Å². The molecule has 2 aromatic rings. The van der Waals surface area contributed by atoms with Crippen LogP contribution in [0, 0.1) is 20.8 Å². The van der Waals surface area contributed by atoms with Gasteiger partial charge in [-0.05, 0) is 44.0 Å². The summed E-state index contributed by atoms with van der Waals surface area (Å²) < 4.78 is 0. The molecule has 0 spiro atoms. The Hall–Kier alpha value is -1.48. The number of hydrogen-bond acceptors (Lipinski definition) is 3. The fraction of sp³-hybridized carbons (Fsp3) is 0.250. The monoisotopic (exact) mass is 233 g/mol. The van der Waals surface area contributed by atoms with Crippen molar-refractivity contribution in [2.75, 3.05) is 0 Å². The van der Waals surface area contributed by atoms with E-state index in [0.717, 1.165) is 28.1 Å². The number of aromatic nitrogens is 3. The lowest BCUT2D eigenvalue weighted by Crippen LogP contribution is -1.97. The van der Waals surface area contributed by atoms with Crippen LogP contribution in [-0.4, -0.2) is 15.2 Å². The van der Waals surface area contributed by atoms with Crippen LogP contribution < -0.4 is 0 Å². The van der Waals surface area contributed by atoms with E-state index in [2.05, 4.69) is 15.2 Å². The Balaban J connectivity index is 2.61. The molecule has 0 bridgehead atoms. The summed E-state index contributed by atoms with van der Waals surface area (Å²) >= 11 is 5.92. The van der Waals surface area contributed by atoms with Gasteiger partial charge < -0.3 is 0 Å². The van der Waals surface area contributed by atoms with Crippen LogP contribution in [0.3, 0.4) is 0 Å². The van der Waals surface area contributed by atoms with Crippen LogP contribution in [-0.2, 0) is 0 Å². The summed E-state index contributed by atoms with van der Waals surface area (Å²) in [6.07, 6.45) is 1.77. The maximum absolute atomic E-state index is 5.92. The minimum absolute atomic E-state index is 0.465. The molecule has 0 saturated heterocycles. The molecule has 0 aliphatic carbocycles. The summed E-state index contributed by atoms with van der Waals surface area (Å²) in [5, 5.41) is 8.55. The van der Waals surface area contributed by atoms with E-state index in [0.29, 0.717) is 5.15 Å². The van der Waals surface area contributed by atoms with E-state index < -0.39 is 0 Å². The van der Waals surface area contributed by atoms with Gasteiger partial charge in [-0.1, -0.05) is 11.6 Å². The third-order valence-electron chi connectivity index (χ3n) is 2.64. The van der Waals surface area contributed by atoms with Gasteiger partial charge in [-0.3, -0.25) is 4.98 Å². The van der Waals surface area contributed by atoms with Gasteiger partial charge in [0.25, 0.3) is 0 Å². The number of pyridine rings is 1. The lowest BCUT2D eigenvalue weighted by atomic mass is 10.1. The minimum Gasteiger partial charge on any atom is -0.262 e. The van der Waals surface area contributed by atoms with Crippen LogP contribution in [0.1, 0.15) is 16.8 Å². The van der Waals surface area contributed by atoms with Crippen molar-refractivity contribution in [3.8, 4) is 11.3 Å². The summed E-state index contributed by atoms with van der Waals surface area (Å²) in [6.45, 7) is 5.90. The van der Waals surface area contributed by atoms with Gasteiger partial charge in [0, 0.05) is 17.5 Å². The predicted molar refractivity (Wildman–Crippen MR) is 64.5 cm³/mol. The lowest BCUT2D eigenvalue weighted by molar-refractivity contribution is 1.00. The molecule has 0 aromatic carbocycles. The van der Waals surface area contributed by atoms with Crippen molar-refractivity contribution >= 4 is 11.6 Å². The van der Waals surface area contributed by atoms with Crippen molar-refractivity contribution in [1.29, 1.82) is 0 Å². The Morgan fingerprint density at radius 3 is 2.50 bits per heavy atom. The van der Waals surface area contributed by atoms with E-state index in [4.69, 9.17) is 11.6 Å². The number of halogens is 1. The van der Waals surface area contributed by atoms with Gasteiger partial charge in [0.05, 0.1) is 5.69 Å². The second-order valence-electron chi connectivity index (χ2n) is 3.78. The van der Waals surface area contributed by atoms with E-state index in [1.807, 2.05) is 32.9 Å². The average Bonchev–Trinajstić information content (AvgIpc) is 2.26. The van der Waals surface area contributed by atoms with Crippen LogP contribution in [0.4, 0.5) is 0 Å². The molecule has 0 amide bonds. The molecule has 0 N–H and O–H groups in total. The van der Waals surface area contributed by atoms with Gasteiger partial charge in [-0.15, -0.1) is 10.2 Å². The Morgan fingerprint density at radius 1 is 1.06 bits per heavy atom. The van der Waals surface area contributed by atoms with E-state index in [1.165, 1.54) is 0 Å². The molecular formula is C12H12ClN3. The van der Waals surface area contributed by atoms with Crippen LogP contribution in [0.25, 0.3) is 11.3 Å². The first-order chi connectivity index (χ1) is 7.59. The molecular weight excluding hydrogens is 222 g/mol. The molecule has 3 nitrogen and oxygen atoms in total. The molecule has 0 saturated carbocycles. The van der Waals surface area contributed by atoms with Crippen LogP contribution >= 0.6 is 11.6 Å². The summed E-state index contributed by atoms with van der Waals surface area (Å²) in [4.78, 5) is 4.16. The minimum atomic E-state index is 0.465. The molecule has 0 atom stereocenters. The van der Waals surface area contributed by atoms with E-state index in [1.54, 1.807) is 6.20 Å². The smallest absolute Gasteiger partial charge is 0.154 e. The summed E-state index contributed by atoms with van der Waals surface area (Å²) in [5.74, 6) is 0. The van der Waals surface area contributed by atoms with E-state index in [-0.39, 0.29) is 0 Å². The largest absolute Gasteiger partial charge is 0.262 e. The van der Waals surface area contributed by atoms with Crippen molar-refractivity contribution in [3.63, 3.8) is 0 Å². The Kier molecular flexibility index (Phi) is 2.88. The molecule has 4 heteroatoms. The van der Waals surface area contributed by atoms with Crippen molar-refractivity contribution in [3.05, 3.63) is 40.3 Å². The van der Waals surface area contributed by atoms with Gasteiger partial charge in [0.15, 0.2) is 5.15 Å². The zero-order valence-corrected chi connectivity index (χ0v) is 10.2. The Labute approximate surface area is 99.5 Å². The zero-order valence-electron chi connectivity index (χ0n) is 9.45. The zero-order chi connectivity index (χ0) is 11.7. The topological polar surface area (TPSA) is 38.7 Å². The quantitative estimate of drug-likeness (QED) is 0.760. The first kappa shape index (κ1) is 11.0. The second-order valence-corrected chi connectivity index (χ2v) is 4.13. The van der Waals surface area contributed by atoms with Crippen LogP contribution in [0.15, 0.2) is 18.3 Å². The first-order valence-electron chi connectivity index (χ1n) is 5.02. The molecule has 2 heterocycles. The fourth-order valence-corrected chi connectivity index (χ4v) is 1.72. The van der Waals surface area contributed by atoms with Crippen LogP contribution in [0.5, 0.6) is 0 Å². The summed E-state index contributed by atoms with van der Waals surface area (Å²) in [7, 11) is 0. The highest BCUT2D eigenvalue weighted by Gasteiger charge is 2.09. The predicted octanol–water partition coefficient (Wildman–Crippen LogP) is 3.12. The first-order valence-corrected chi connectivity index (χ1v) is 5.40. The highest BCUT2D eigenvalue weighted by Crippen LogP contribution is 2.25. The van der Waals surface area contributed by atoms with Gasteiger partial charge in [0.2, 0.25) is 0 Å². The number of rotatable bonds is 1. The van der Waals surface area contributed by atoms with Gasteiger partial charge in [-0.2, -0.15) is 0 Å². The second kappa shape index (κ2) is 4.18. The Bertz CT molecular complexity index is 538. The molecule has 0 unspecified atom stereocenters. The molecule has 2 aromatic heterocycles. The highest BCUT2D eigenvalue weighted by atomic mass is 35.5. The van der Waals surface area contributed by atoms with Crippen LogP contribution in [0.2, 0.25) is 5.15 Å². The molecule has 2 rings (SSSR count). The molecule has 82 valence electrons. The maximum atomic E-state index is 5.92. The summed E-state index contributed by atoms with van der Waals surface area (Å²) in [6, 6.07) is 3.92. The van der Waals surface area contributed by atoms with Crippen molar-refractivity contribution in [1.82, 2.24) is 15.2 Å². The van der Waals surface area contributed by atoms with Gasteiger partial charge >= 0.3 is 0 Å². The molecule has 0 fully saturated rings. The number of hydrogen-bond donors (Lipinski definition) is 0.